The Balaban J connectivity index is 1.56. The van der Waals surface area contributed by atoms with Crippen LogP contribution in [0.4, 0.5) is 11.5 Å². The molecule has 1 aliphatic heterocycles. The first kappa shape index (κ1) is 18.6. The molecule has 4 rings (SSSR count). The average Bonchev–Trinajstić information content (AvgIpc) is 2.73. The molecule has 0 amide bonds. The van der Waals surface area contributed by atoms with Crippen LogP contribution in [0.1, 0.15) is 12.8 Å². The number of ether oxygens (including phenoxy) is 2. The van der Waals surface area contributed by atoms with Gasteiger partial charge in [-0.05, 0) is 31.0 Å². The summed E-state index contributed by atoms with van der Waals surface area (Å²) in [5, 5.41) is 5.33. The number of methoxy groups -OCH3 is 2. The van der Waals surface area contributed by atoms with Crippen LogP contribution >= 0.6 is 11.6 Å². The smallest absolute Gasteiger partial charge is 0.139 e. The number of hydrogen-bond donors (Lipinski definition) is 1. The Kier molecular flexibility index (Phi) is 5.39. The number of nitrogens with one attached hydrogen (secondary N) is 1. The highest BCUT2D eigenvalue weighted by molar-refractivity contribution is 6.31. The molecule has 3 aromatic rings. The predicted octanol–water partition coefficient (Wildman–Crippen LogP) is 4.38. The normalized spacial score (nSPS) is 16.8. The Bertz CT molecular complexity index is 960. The summed E-state index contributed by atoms with van der Waals surface area (Å²) in [6.45, 7) is 1.82. The van der Waals surface area contributed by atoms with Crippen LogP contribution in [0.5, 0.6) is 11.5 Å². The summed E-state index contributed by atoms with van der Waals surface area (Å²) >= 11 is 6.12. The minimum absolute atomic E-state index is 0.294. The van der Waals surface area contributed by atoms with Gasteiger partial charge < -0.3 is 19.7 Å². The van der Waals surface area contributed by atoms with E-state index in [0.29, 0.717) is 11.1 Å². The van der Waals surface area contributed by atoms with Gasteiger partial charge in [-0.2, -0.15) is 0 Å². The van der Waals surface area contributed by atoms with Gasteiger partial charge in [0.05, 0.1) is 19.7 Å². The van der Waals surface area contributed by atoms with Gasteiger partial charge in [0.15, 0.2) is 0 Å². The Labute approximate surface area is 169 Å². The molecule has 146 valence electrons. The van der Waals surface area contributed by atoms with E-state index in [1.165, 1.54) is 0 Å². The first-order valence-electron chi connectivity index (χ1n) is 9.31. The largest absolute Gasteiger partial charge is 0.497 e. The fraction of sp³-hybridized carbons (Fsp3) is 0.333. The van der Waals surface area contributed by atoms with Crippen molar-refractivity contribution in [2.75, 3.05) is 37.5 Å². The number of hydrogen-bond acceptors (Lipinski definition) is 6. The third-order valence-corrected chi connectivity index (χ3v) is 5.26. The van der Waals surface area contributed by atoms with Crippen LogP contribution in [0.15, 0.2) is 42.7 Å². The molecule has 2 heterocycles. The summed E-state index contributed by atoms with van der Waals surface area (Å²) in [6, 6.07) is 11.9. The predicted molar refractivity (Wildman–Crippen MR) is 113 cm³/mol. The number of piperidine rings is 1. The number of fused-ring (bicyclic) bond motifs is 1. The van der Waals surface area contributed by atoms with E-state index in [9.17, 15) is 0 Å². The van der Waals surface area contributed by atoms with Gasteiger partial charge in [-0.15, -0.1) is 0 Å². The minimum Gasteiger partial charge on any atom is -0.497 e. The monoisotopic (exact) mass is 398 g/mol. The van der Waals surface area contributed by atoms with Gasteiger partial charge in [0, 0.05) is 53.4 Å². The quantitative estimate of drug-likeness (QED) is 0.688. The maximum Gasteiger partial charge on any atom is 0.139 e. The number of nitrogens with zero attached hydrogens (tertiary/aromatic N) is 3. The number of rotatable bonds is 5. The van der Waals surface area contributed by atoms with Crippen molar-refractivity contribution in [1.29, 1.82) is 0 Å². The second-order valence-corrected chi connectivity index (χ2v) is 7.33. The van der Waals surface area contributed by atoms with Gasteiger partial charge in [-0.25, -0.2) is 9.97 Å². The highest BCUT2D eigenvalue weighted by Crippen LogP contribution is 2.30. The molecule has 1 N–H and O–H groups in total. The third kappa shape index (κ3) is 3.92. The Hall–Kier alpha value is -2.73. The molecule has 2 aromatic carbocycles. The summed E-state index contributed by atoms with van der Waals surface area (Å²) in [5.74, 6) is 2.50. The van der Waals surface area contributed by atoms with Crippen molar-refractivity contribution < 1.29 is 9.47 Å². The summed E-state index contributed by atoms with van der Waals surface area (Å²) < 4.78 is 10.8. The van der Waals surface area contributed by atoms with Crippen molar-refractivity contribution in [3.63, 3.8) is 0 Å². The lowest BCUT2D eigenvalue weighted by atomic mass is 10.0. The molecule has 1 atom stereocenters. The van der Waals surface area contributed by atoms with E-state index in [4.69, 9.17) is 21.1 Å². The van der Waals surface area contributed by atoms with Gasteiger partial charge >= 0.3 is 0 Å². The topological polar surface area (TPSA) is 59.5 Å². The zero-order chi connectivity index (χ0) is 19.5. The molecule has 0 saturated carbocycles. The summed E-state index contributed by atoms with van der Waals surface area (Å²) in [6.07, 6.45) is 3.78. The van der Waals surface area contributed by atoms with Crippen LogP contribution in [0.2, 0.25) is 5.02 Å². The molecule has 1 aliphatic rings. The van der Waals surface area contributed by atoms with E-state index < -0.39 is 0 Å². The van der Waals surface area contributed by atoms with Crippen molar-refractivity contribution in [1.82, 2.24) is 9.97 Å². The standard InChI is InChI=1S/C21H23ClN4O2/c1-27-17-9-16(10-18(11-17)28-2)25-15-4-3-7-26(12-15)21-19-6-5-14(22)8-20(19)23-13-24-21/h5-6,8-11,13,15,25H,3-4,7,12H2,1-2H3. The van der Waals surface area contributed by atoms with E-state index in [1.54, 1.807) is 20.5 Å². The molecule has 0 spiro atoms. The van der Waals surface area contributed by atoms with Crippen LogP contribution in [0, 0.1) is 0 Å². The van der Waals surface area contributed by atoms with Gasteiger partial charge in [-0.3, -0.25) is 0 Å². The first-order valence-corrected chi connectivity index (χ1v) is 9.69. The number of halogens is 1. The molecule has 6 nitrogen and oxygen atoms in total. The first-order chi connectivity index (χ1) is 13.7. The van der Waals surface area contributed by atoms with E-state index in [2.05, 4.69) is 20.2 Å². The second kappa shape index (κ2) is 8.10. The molecule has 0 radical (unpaired) electrons. The fourth-order valence-electron chi connectivity index (χ4n) is 3.68. The zero-order valence-corrected chi connectivity index (χ0v) is 16.7. The van der Waals surface area contributed by atoms with Crippen molar-refractivity contribution in [2.45, 2.75) is 18.9 Å². The van der Waals surface area contributed by atoms with Gasteiger partial charge in [0.25, 0.3) is 0 Å². The molecular weight excluding hydrogens is 376 g/mol. The molecule has 0 aliphatic carbocycles. The lowest BCUT2D eigenvalue weighted by Gasteiger charge is -2.35. The fourth-order valence-corrected chi connectivity index (χ4v) is 3.85. The van der Waals surface area contributed by atoms with Crippen LogP contribution in [0.25, 0.3) is 10.9 Å². The van der Waals surface area contributed by atoms with E-state index in [1.807, 2.05) is 36.4 Å². The van der Waals surface area contributed by atoms with Gasteiger partial charge in [0.1, 0.15) is 23.6 Å². The molecule has 1 saturated heterocycles. The molecule has 0 bridgehead atoms. The van der Waals surface area contributed by atoms with Crippen LogP contribution < -0.4 is 19.7 Å². The molecule has 7 heteroatoms. The lowest BCUT2D eigenvalue weighted by molar-refractivity contribution is 0.394. The second-order valence-electron chi connectivity index (χ2n) is 6.89. The third-order valence-electron chi connectivity index (χ3n) is 5.02. The van der Waals surface area contributed by atoms with Crippen molar-refractivity contribution >= 4 is 34.0 Å². The van der Waals surface area contributed by atoms with E-state index in [0.717, 1.165) is 59.8 Å². The van der Waals surface area contributed by atoms with Crippen LogP contribution in [0.3, 0.4) is 0 Å². The SMILES string of the molecule is COc1cc(NC2CCCN(c3ncnc4cc(Cl)ccc34)C2)cc(OC)c1. The summed E-state index contributed by atoms with van der Waals surface area (Å²) in [7, 11) is 3.32. The molecule has 28 heavy (non-hydrogen) atoms. The van der Waals surface area contributed by atoms with E-state index >= 15 is 0 Å². The summed E-state index contributed by atoms with van der Waals surface area (Å²) in [4.78, 5) is 11.2. The Morgan fingerprint density at radius 3 is 2.61 bits per heavy atom. The highest BCUT2D eigenvalue weighted by Gasteiger charge is 2.23. The Morgan fingerprint density at radius 1 is 1.07 bits per heavy atom. The maximum absolute atomic E-state index is 6.12. The van der Waals surface area contributed by atoms with E-state index in [-0.39, 0.29) is 0 Å². The maximum atomic E-state index is 6.12. The number of benzene rings is 2. The lowest BCUT2D eigenvalue weighted by Crippen LogP contribution is -2.42. The number of aromatic nitrogens is 2. The van der Waals surface area contributed by atoms with Crippen molar-refractivity contribution in [3.8, 4) is 11.5 Å². The van der Waals surface area contributed by atoms with Crippen LogP contribution in [-0.2, 0) is 0 Å². The molecule has 1 fully saturated rings. The van der Waals surface area contributed by atoms with Crippen molar-refractivity contribution in [2.24, 2.45) is 0 Å². The van der Waals surface area contributed by atoms with Crippen molar-refractivity contribution in [3.05, 3.63) is 47.7 Å². The minimum atomic E-state index is 0.294. The number of anilines is 2. The van der Waals surface area contributed by atoms with Gasteiger partial charge in [0.2, 0.25) is 0 Å². The molecule has 1 aromatic heterocycles. The zero-order valence-electron chi connectivity index (χ0n) is 16.0. The highest BCUT2D eigenvalue weighted by atomic mass is 35.5. The van der Waals surface area contributed by atoms with Gasteiger partial charge in [-0.1, -0.05) is 11.6 Å². The molecular formula is C21H23ClN4O2. The Morgan fingerprint density at radius 2 is 1.86 bits per heavy atom. The molecule has 1 unspecified atom stereocenters. The summed E-state index contributed by atoms with van der Waals surface area (Å²) in [5.41, 5.74) is 1.85. The van der Waals surface area contributed by atoms with Crippen LogP contribution in [-0.4, -0.2) is 43.3 Å². The average molecular weight is 399 g/mol.